The number of aliphatic hydroxyl groups is 1. The van der Waals surface area contributed by atoms with Crippen molar-refractivity contribution in [2.75, 3.05) is 20.8 Å². The lowest BCUT2D eigenvalue weighted by molar-refractivity contribution is -0.0334. The van der Waals surface area contributed by atoms with Crippen molar-refractivity contribution in [2.45, 2.75) is 37.2 Å². The molecule has 1 N–H and O–H groups in total. The Morgan fingerprint density at radius 1 is 1.50 bits per heavy atom. The molecule has 2 unspecified atom stereocenters. The fraction of sp³-hybridized carbons (Fsp3) is 1.00. The minimum Gasteiger partial charge on any atom is -0.387 e. The zero-order valence-corrected chi connectivity index (χ0v) is 9.27. The van der Waals surface area contributed by atoms with Crippen LogP contribution < -0.4 is 0 Å². The standard InChI is InChI=1S/C9H19BO4/c1-5(10)8-9(13-3)7(11)6(14-8)4-12-2/h5-9,11H,4,10H2,1-3H3/t5-,6-,7+,8?,9?/m1/s1. The molecule has 1 fully saturated rings. The first kappa shape index (κ1) is 12.0. The van der Waals surface area contributed by atoms with Crippen LogP contribution in [0.25, 0.3) is 0 Å². The van der Waals surface area contributed by atoms with E-state index in [0.29, 0.717) is 12.4 Å². The van der Waals surface area contributed by atoms with Gasteiger partial charge in [0.1, 0.15) is 26.2 Å². The Morgan fingerprint density at radius 3 is 2.50 bits per heavy atom. The highest BCUT2D eigenvalue weighted by Crippen LogP contribution is 2.29. The van der Waals surface area contributed by atoms with E-state index >= 15 is 0 Å². The van der Waals surface area contributed by atoms with Crippen LogP contribution in [-0.4, -0.2) is 58.2 Å². The number of hydrogen-bond donors (Lipinski definition) is 1. The third kappa shape index (κ3) is 2.28. The number of methoxy groups -OCH3 is 2. The van der Waals surface area contributed by atoms with Gasteiger partial charge in [-0.15, -0.1) is 0 Å². The first-order valence-electron chi connectivity index (χ1n) is 4.97. The van der Waals surface area contributed by atoms with Crippen LogP contribution in [0.1, 0.15) is 6.92 Å². The molecule has 5 atom stereocenters. The quantitative estimate of drug-likeness (QED) is 0.607. The normalized spacial score (nSPS) is 40.0. The van der Waals surface area contributed by atoms with E-state index in [2.05, 4.69) is 14.8 Å². The lowest BCUT2D eigenvalue weighted by Gasteiger charge is -2.21. The summed E-state index contributed by atoms with van der Waals surface area (Å²) in [6.45, 7) is 2.46. The van der Waals surface area contributed by atoms with Gasteiger partial charge in [0.15, 0.2) is 0 Å². The number of ether oxygens (including phenoxy) is 3. The molecule has 0 radical (unpaired) electrons. The van der Waals surface area contributed by atoms with Crippen molar-refractivity contribution < 1.29 is 19.3 Å². The molecule has 0 spiro atoms. The van der Waals surface area contributed by atoms with Crippen LogP contribution in [-0.2, 0) is 14.2 Å². The van der Waals surface area contributed by atoms with Gasteiger partial charge in [-0.1, -0.05) is 6.92 Å². The molecule has 1 aliphatic rings. The van der Waals surface area contributed by atoms with Gasteiger partial charge in [0.25, 0.3) is 0 Å². The molecule has 1 rings (SSSR count). The van der Waals surface area contributed by atoms with E-state index in [-0.39, 0.29) is 18.3 Å². The molecule has 82 valence electrons. The van der Waals surface area contributed by atoms with E-state index in [0.717, 1.165) is 0 Å². The summed E-state index contributed by atoms with van der Waals surface area (Å²) in [5.41, 5.74) is 0. The maximum Gasteiger partial charge on any atom is 0.111 e. The highest BCUT2D eigenvalue weighted by molar-refractivity contribution is 6.11. The Bertz CT molecular complexity index is 176. The van der Waals surface area contributed by atoms with E-state index in [9.17, 15) is 5.11 Å². The van der Waals surface area contributed by atoms with Crippen LogP contribution in [0.4, 0.5) is 0 Å². The molecule has 1 heterocycles. The molecule has 4 nitrogen and oxygen atoms in total. The second-order valence-electron chi connectivity index (χ2n) is 4.03. The van der Waals surface area contributed by atoms with Gasteiger partial charge in [-0.25, -0.2) is 0 Å². The van der Waals surface area contributed by atoms with Gasteiger partial charge in [-0.2, -0.15) is 0 Å². The first-order chi connectivity index (χ1) is 6.61. The smallest absolute Gasteiger partial charge is 0.111 e. The van der Waals surface area contributed by atoms with Crippen LogP contribution in [0.2, 0.25) is 5.82 Å². The second-order valence-corrected chi connectivity index (χ2v) is 4.03. The highest BCUT2D eigenvalue weighted by Gasteiger charge is 2.44. The summed E-state index contributed by atoms with van der Waals surface area (Å²) in [6, 6.07) is 0. The molecule has 0 saturated carbocycles. The SMILES string of the molecule is B[C@H](C)C1O[C@H](COC)[C@H](O)C1OC. The van der Waals surface area contributed by atoms with E-state index in [1.165, 1.54) is 0 Å². The summed E-state index contributed by atoms with van der Waals surface area (Å²) in [7, 11) is 5.25. The minimum absolute atomic E-state index is 0.0462. The van der Waals surface area contributed by atoms with Crippen molar-refractivity contribution in [1.29, 1.82) is 0 Å². The molecule has 0 bridgehead atoms. The highest BCUT2D eigenvalue weighted by atomic mass is 16.6. The van der Waals surface area contributed by atoms with Crippen molar-refractivity contribution in [2.24, 2.45) is 0 Å². The van der Waals surface area contributed by atoms with Gasteiger partial charge < -0.3 is 19.3 Å². The number of aliphatic hydroxyl groups excluding tert-OH is 1. The molecule has 0 aromatic heterocycles. The molecule has 1 aliphatic heterocycles. The third-order valence-corrected chi connectivity index (χ3v) is 2.63. The molecule has 0 aromatic rings. The van der Waals surface area contributed by atoms with Crippen LogP contribution in [0.15, 0.2) is 0 Å². The van der Waals surface area contributed by atoms with E-state index < -0.39 is 6.10 Å². The zero-order valence-electron chi connectivity index (χ0n) is 9.27. The Labute approximate surface area is 85.9 Å². The summed E-state index contributed by atoms with van der Waals surface area (Å²) < 4.78 is 15.9. The molecule has 1 saturated heterocycles. The Kier molecular flexibility index (Phi) is 4.38. The summed E-state index contributed by atoms with van der Waals surface area (Å²) in [4.78, 5) is 0. The topological polar surface area (TPSA) is 47.9 Å². The molecule has 0 amide bonds. The van der Waals surface area contributed by atoms with Crippen LogP contribution in [0.5, 0.6) is 0 Å². The summed E-state index contributed by atoms with van der Waals surface area (Å²) in [5, 5.41) is 9.87. The fourth-order valence-electron chi connectivity index (χ4n) is 1.88. The van der Waals surface area contributed by atoms with E-state index in [4.69, 9.17) is 14.2 Å². The lowest BCUT2D eigenvalue weighted by Crippen LogP contribution is -2.36. The monoisotopic (exact) mass is 202 g/mol. The number of hydrogen-bond acceptors (Lipinski definition) is 4. The van der Waals surface area contributed by atoms with Gasteiger partial charge in [0, 0.05) is 14.2 Å². The van der Waals surface area contributed by atoms with E-state index in [1.807, 2.05) is 0 Å². The predicted molar refractivity (Wildman–Crippen MR) is 55.3 cm³/mol. The van der Waals surface area contributed by atoms with Crippen molar-refractivity contribution >= 4 is 7.85 Å². The fourth-order valence-corrected chi connectivity index (χ4v) is 1.88. The average molecular weight is 202 g/mol. The van der Waals surface area contributed by atoms with Gasteiger partial charge >= 0.3 is 0 Å². The van der Waals surface area contributed by atoms with Crippen molar-refractivity contribution in [1.82, 2.24) is 0 Å². The molecular weight excluding hydrogens is 183 g/mol. The van der Waals surface area contributed by atoms with Crippen molar-refractivity contribution in [3.05, 3.63) is 0 Å². The largest absolute Gasteiger partial charge is 0.387 e. The van der Waals surface area contributed by atoms with Crippen LogP contribution in [0, 0.1) is 0 Å². The van der Waals surface area contributed by atoms with Crippen LogP contribution >= 0.6 is 0 Å². The lowest BCUT2D eigenvalue weighted by atomic mass is 9.82. The van der Waals surface area contributed by atoms with Gasteiger partial charge in [-0.05, 0) is 5.82 Å². The number of rotatable bonds is 4. The third-order valence-electron chi connectivity index (χ3n) is 2.63. The van der Waals surface area contributed by atoms with Crippen LogP contribution in [0.3, 0.4) is 0 Å². The maximum atomic E-state index is 9.87. The predicted octanol–water partition coefficient (Wildman–Crippen LogP) is -0.782. The first-order valence-corrected chi connectivity index (χ1v) is 4.97. The van der Waals surface area contributed by atoms with Crippen molar-refractivity contribution in [3.63, 3.8) is 0 Å². The maximum absolute atomic E-state index is 9.87. The second kappa shape index (κ2) is 5.12. The van der Waals surface area contributed by atoms with Gasteiger partial charge in [0.2, 0.25) is 0 Å². The molecule has 5 heteroatoms. The summed E-state index contributed by atoms with van der Waals surface area (Å²) >= 11 is 0. The molecule has 0 aromatic carbocycles. The Hall–Kier alpha value is -0.0951. The molecular formula is C9H19BO4. The average Bonchev–Trinajstić information content (AvgIpc) is 2.44. The zero-order chi connectivity index (χ0) is 10.7. The molecule has 0 aliphatic carbocycles. The van der Waals surface area contributed by atoms with E-state index in [1.54, 1.807) is 14.2 Å². The minimum atomic E-state index is -0.590. The Morgan fingerprint density at radius 2 is 2.14 bits per heavy atom. The van der Waals surface area contributed by atoms with Crippen molar-refractivity contribution in [3.8, 4) is 0 Å². The van der Waals surface area contributed by atoms with Gasteiger partial charge in [-0.3, -0.25) is 0 Å². The Balaban J connectivity index is 2.63. The molecule has 14 heavy (non-hydrogen) atoms. The summed E-state index contributed by atoms with van der Waals surface area (Å²) in [5.74, 6) is 0.330. The summed E-state index contributed by atoms with van der Waals surface area (Å²) in [6.07, 6.45) is -1.14. The van der Waals surface area contributed by atoms with Gasteiger partial charge in [0.05, 0.1) is 12.7 Å².